The minimum absolute atomic E-state index is 0.135. The van der Waals surface area contributed by atoms with Gasteiger partial charge in [-0.3, -0.25) is 4.79 Å². The summed E-state index contributed by atoms with van der Waals surface area (Å²) >= 11 is 0. The van der Waals surface area contributed by atoms with Crippen molar-refractivity contribution in [2.75, 3.05) is 6.54 Å². The second-order valence-corrected chi connectivity index (χ2v) is 11.0. The van der Waals surface area contributed by atoms with Crippen LogP contribution in [0.5, 0.6) is 0 Å². The van der Waals surface area contributed by atoms with E-state index in [2.05, 4.69) is 0 Å². The number of carbonyl (C=O) groups excluding carboxylic acids is 1. The van der Waals surface area contributed by atoms with Crippen molar-refractivity contribution in [3.8, 4) is 0 Å². The van der Waals surface area contributed by atoms with Crippen molar-refractivity contribution in [3.05, 3.63) is 102 Å². The highest BCUT2D eigenvalue weighted by molar-refractivity contribution is 7.89. The smallest absolute Gasteiger partial charge is 0.243 e. The highest BCUT2D eigenvalue weighted by Gasteiger charge is 2.40. The third-order valence-corrected chi connectivity index (χ3v) is 8.44. The summed E-state index contributed by atoms with van der Waals surface area (Å²) in [6, 6.07) is 26.4. The van der Waals surface area contributed by atoms with Gasteiger partial charge in [0.2, 0.25) is 15.9 Å². The van der Waals surface area contributed by atoms with E-state index < -0.39 is 10.0 Å². The first-order valence-corrected chi connectivity index (χ1v) is 13.3. The zero-order valence-electron chi connectivity index (χ0n) is 19.7. The fourth-order valence-electron chi connectivity index (χ4n) is 4.36. The number of rotatable bonds is 9. The number of carbonyl (C=O) groups is 1. The first-order chi connectivity index (χ1) is 16.9. The first kappa shape index (κ1) is 23.3. The Morgan fingerprint density at radius 3 is 2.29 bits per heavy atom. The molecule has 1 fully saturated rings. The van der Waals surface area contributed by atoms with Crippen LogP contribution in [0, 0.1) is 0 Å². The van der Waals surface area contributed by atoms with E-state index in [4.69, 9.17) is 0 Å². The molecule has 0 bridgehead atoms. The average molecular weight is 488 g/mol. The number of amides is 1. The number of aromatic nitrogens is 1. The molecule has 35 heavy (non-hydrogen) atoms. The van der Waals surface area contributed by atoms with Crippen LogP contribution in [0.15, 0.2) is 96.0 Å². The lowest BCUT2D eigenvalue weighted by molar-refractivity contribution is -0.132. The molecule has 0 aliphatic heterocycles. The maximum Gasteiger partial charge on any atom is 0.243 e. The summed E-state index contributed by atoms with van der Waals surface area (Å²) < 4.78 is 30.8. The summed E-state index contributed by atoms with van der Waals surface area (Å²) in [7, 11) is -1.87. The predicted octanol–water partition coefficient (Wildman–Crippen LogP) is 4.56. The molecule has 0 spiro atoms. The molecule has 1 aliphatic rings. The maximum absolute atomic E-state index is 13.7. The van der Waals surface area contributed by atoms with Gasteiger partial charge >= 0.3 is 0 Å². The van der Waals surface area contributed by atoms with Crippen molar-refractivity contribution in [3.63, 3.8) is 0 Å². The van der Waals surface area contributed by atoms with Crippen LogP contribution in [-0.2, 0) is 35.0 Å². The molecule has 7 heteroatoms. The molecule has 1 saturated carbocycles. The van der Waals surface area contributed by atoms with E-state index >= 15 is 0 Å². The second-order valence-electron chi connectivity index (χ2n) is 9.14. The molecular formula is C28H29N3O3S. The molecule has 5 rings (SSSR count). The van der Waals surface area contributed by atoms with Crippen LogP contribution in [0.1, 0.15) is 24.1 Å². The largest absolute Gasteiger partial charge is 0.353 e. The number of hydrogen-bond donors (Lipinski definition) is 0. The van der Waals surface area contributed by atoms with Crippen molar-refractivity contribution in [2.24, 2.45) is 7.05 Å². The predicted molar refractivity (Wildman–Crippen MR) is 137 cm³/mol. The first-order valence-electron chi connectivity index (χ1n) is 11.8. The average Bonchev–Trinajstić information content (AvgIpc) is 3.63. The Kier molecular flexibility index (Phi) is 6.45. The minimum atomic E-state index is -3.82. The second kappa shape index (κ2) is 9.68. The number of sulfonamides is 1. The van der Waals surface area contributed by atoms with E-state index in [1.807, 2.05) is 90.6 Å². The lowest BCUT2D eigenvalue weighted by Gasteiger charge is -2.28. The Morgan fingerprint density at radius 1 is 0.886 bits per heavy atom. The van der Waals surface area contributed by atoms with Crippen LogP contribution in [-0.4, -0.2) is 40.7 Å². The van der Waals surface area contributed by atoms with Gasteiger partial charge in [-0.2, -0.15) is 4.31 Å². The Morgan fingerprint density at radius 2 is 1.60 bits per heavy atom. The van der Waals surface area contributed by atoms with Gasteiger partial charge < -0.3 is 9.47 Å². The Labute approximate surface area is 206 Å². The highest BCUT2D eigenvalue weighted by atomic mass is 32.2. The summed E-state index contributed by atoms with van der Waals surface area (Å²) in [6.45, 7) is 0.655. The van der Waals surface area contributed by atoms with Crippen LogP contribution in [0.3, 0.4) is 0 Å². The molecule has 4 aromatic rings. The van der Waals surface area contributed by atoms with E-state index in [1.54, 1.807) is 17.0 Å². The van der Waals surface area contributed by atoms with Crippen LogP contribution >= 0.6 is 0 Å². The molecule has 0 unspecified atom stereocenters. The van der Waals surface area contributed by atoms with E-state index in [9.17, 15) is 13.2 Å². The van der Waals surface area contributed by atoms with Crippen LogP contribution in [0.2, 0.25) is 0 Å². The fraction of sp³-hybridized carbons (Fsp3) is 0.250. The molecule has 6 nitrogen and oxygen atoms in total. The number of fused-ring (bicyclic) bond motifs is 1. The zero-order chi connectivity index (χ0) is 24.4. The summed E-state index contributed by atoms with van der Waals surface area (Å²) in [5.74, 6) is -0.202. The molecule has 180 valence electrons. The third-order valence-electron chi connectivity index (χ3n) is 6.55. The number of hydrogen-bond acceptors (Lipinski definition) is 3. The summed E-state index contributed by atoms with van der Waals surface area (Å²) in [5.41, 5.74) is 2.00. The Balaban J connectivity index is 1.42. The molecule has 0 N–H and O–H groups in total. The molecule has 0 atom stereocenters. The van der Waals surface area contributed by atoms with E-state index in [0.29, 0.717) is 13.1 Å². The third kappa shape index (κ3) is 5.16. The molecule has 3 aromatic carbocycles. The van der Waals surface area contributed by atoms with Gasteiger partial charge in [0, 0.05) is 31.5 Å². The SMILES string of the molecule is Cn1cccc1CN(Cc1ccccc1)C(=O)CN(C1CC1)S(=O)(=O)c1ccc2ccccc2c1. The normalized spacial score (nSPS) is 13.9. The van der Waals surface area contributed by atoms with E-state index in [0.717, 1.165) is 34.9 Å². The topological polar surface area (TPSA) is 62.6 Å². The number of aryl methyl sites for hydroxylation is 1. The summed E-state index contributed by atoms with van der Waals surface area (Å²) in [4.78, 5) is 15.6. The van der Waals surface area contributed by atoms with Crippen LogP contribution in [0.25, 0.3) is 10.8 Å². The maximum atomic E-state index is 13.7. The van der Waals surface area contributed by atoms with Crippen molar-refractivity contribution in [2.45, 2.75) is 36.9 Å². The fourth-order valence-corrected chi connectivity index (χ4v) is 6.03. The number of benzene rings is 3. The Hall–Kier alpha value is -3.42. The molecule has 1 aliphatic carbocycles. The zero-order valence-corrected chi connectivity index (χ0v) is 20.6. The van der Waals surface area contributed by atoms with Gasteiger partial charge in [-0.05, 0) is 53.4 Å². The van der Waals surface area contributed by atoms with Gasteiger partial charge in [-0.25, -0.2) is 8.42 Å². The van der Waals surface area contributed by atoms with E-state index in [-0.39, 0.29) is 23.4 Å². The molecule has 1 heterocycles. The lowest BCUT2D eigenvalue weighted by Crippen LogP contribution is -2.43. The lowest BCUT2D eigenvalue weighted by atomic mass is 10.1. The van der Waals surface area contributed by atoms with Crippen LogP contribution < -0.4 is 0 Å². The number of nitrogens with zero attached hydrogens (tertiary/aromatic N) is 3. The Bertz CT molecular complexity index is 1440. The van der Waals surface area contributed by atoms with Crippen LogP contribution in [0.4, 0.5) is 0 Å². The van der Waals surface area contributed by atoms with Crippen molar-refractivity contribution < 1.29 is 13.2 Å². The van der Waals surface area contributed by atoms with Crippen molar-refractivity contribution in [1.82, 2.24) is 13.8 Å². The van der Waals surface area contributed by atoms with Gasteiger partial charge in [-0.1, -0.05) is 60.7 Å². The summed E-state index contributed by atoms with van der Waals surface area (Å²) in [6.07, 6.45) is 3.49. The molecule has 0 radical (unpaired) electrons. The molecular weight excluding hydrogens is 458 g/mol. The highest BCUT2D eigenvalue weighted by Crippen LogP contribution is 2.33. The minimum Gasteiger partial charge on any atom is -0.353 e. The standard InChI is InChI=1S/C28H29N3O3S/c1-29-17-7-12-26(29)20-30(19-22-8-3-2-4-9-22)28(32)21-31(25-14-15-25)35(33,34)27-16-13-23-10-5-6-11-24(23)18-27/h2-13,16-18,25H,14-15,19-21H2,1H3. The van der Waals surface area contributed by atoms with E-state index in [1.165, 1.54) is 4.31 Å². The molecule has 1 aromatic heterocycles. The van der Waals surface area contributed by atoms with Gasteiger partial charge in [-0.15, -0.1) is 0 Å². The van der Waals surface area contributed by atoms with Gasteiger partial charge in [0.05, 0.1) is 18.0 Å². The van der Waals surface area contributed by atoms with Crippen molar-refractivity contribution in [1.29, 1.82) is 0 Å². The summed E-state index contributed by atoms with van der Waals surface area (Å²) in [5, 5.41) is 1.85. The molecule has 0 saturated heterocycles. The quantitative estimate of drug-likeness (QED) is 0.348. The monoisotopic (exact) mass is 487 g/mol. The van der Waals surface area contributed by atoms with Gasteiger partial charge in [0.25, 0.3) is 0 Å². The van der Waals surface area contributed by atoms with Gasteiger partial charge in [0.1, 0.15) is 0 Å². The van der Waals surface area contributed by atoms with Crippen molar-refractivity contribution >= 4 is 26.7 Å². The van der Waals surface area contributed by atoms with Gasteiger partial charge in [0.15, 0.2) is 0 Å². The molecule has 1 amide bonds.